The Hall–Kier alpha value is -1.40. The lowest BCUT2D eigenvalue weighted by Crippen LogP contribution is -2.23. The zero-order chi connectivity index (χ0) is 8.97. The molecule has 0 aromatic carbocycles. The molecule has 0 spiro atoms. The van der Waals surface area contributed by atoms with Crippen LogP contribution in [0.15, 0.2) is 12.4 Å². The van der Waals surface area contributed by atoms with Gasteiger partial charge in [0.2, 0.25) is 0 Å². The molecule has 1 amide bonds. The van der Waals surface area contributed by atoms with E-state index in [9.17, 15) is 4.79 Å². The average molecular weight is 205 g/mol. The number of nitrogen functional groups attached to an aromatic ring is 1. The number of hydrogen-bond acceptors (Lipinski definition) is 5. The summed E-state index contributed by atoms with van der Waals surface area (Å²) in [6.45, 7) is 0. The normalized spacial score (nSPS) is 8.69. The highest BCUT2D eigenvalue weighted by molar-refractivity contribution is 5.91. The fraction of sp³-hybridized carbons (Fsp3) is 0.167. The largest absolute Gasteiger partial charge is 0.382 e. The third-order valence-corrected chi connectivity index (χ3v) is 1.10. The van der Waals surface area contributed by atoms with E-state index < -0.39 is 5.91 Å². The number of carbonyl (C=O) groups is 1. The van der Waals surface area contributed by atoms with E-state index >= 15 is 0 Å². The van der Waals surface area contributed by atoms with Crippen molar-refractivity contribution >= 4 is 24.1 Å². The van der Waals surface area contributed by atoms with Crippen molar-refractivity contribution in [2.75, 3.05) is 12.8 Å². The predicted molar refractivity (Wildman–Crippen MR) is 48.2 cm³/mol. The number of aromatic nitrogens is 2. The highest BCUT2D eigenvalue weighted by Crippen LogP contribution is 1.95. The molecule has 0 aliphatic carbocycles. The lowest BCUT2D eigenvalue weighted by atomic mass is 10.4. The van der Waals surface area contributed by atoms with Crippen molar-refractivity contribution in [1.82, 2.24) is 15.4 Å². The van der Waals surface area contributed by atoms with E-state index in [0.717, 1.165) is 0 Å². The van der Waals surface area contributed by atoms with Crippen LogP contribution < -0.4 is 11.2 Å². The summed E-state index contributed by atoms with van der Waals surface area (Å²) in [5.41, 5.74) is 7.52. The number of halogens is 1. The Morgan fingerprint density at radius 2 is 2.23 bits per heavy atom. The van der Waals surface area contributed by atoms with Crippen LogP contribution in [0.4, 0.5) is 5.82 Å². The van der Waals surface area contributed by atoms with Gasteiger partial charge in [0.05, 0.1) is 19.5 Å². The van der Waals surface area contributed by atoms with Gasteiger partial charge in [-0.2, -0.15) is 0 Å². The van der Waals surface area contributed by atoms with Crippen molar-refractivity contribution < 1.29 is 9.63 Å². The van der Waals surface area contributed by atoms with Crippen LogP contribution in [0.25, 0.3) is 0 Å². The molecule has 3 N–H and O–H groups in total. The van der Waals surface area contributed by atoms with Gasteiger partial charge in [-0.15, -0.1) is 12.4 Å². The summed E-state index contributed by atoms with van der Waals surface area (Å²) in [6, 6.07) is 0. The van der Waals surface area contributed by atoms with Crippen molar-refractivity contribution in [3.05, 3.63) is 18.1 Å². The predicted octanol–water partition coefficient (Wildman–Crippen LogP) is -0.228. The molecule has 0 aliphatic heterocycles. The van der Waals surface area contributed by atoms with E-state index in [0.29, 0.717) is 0 Å². The second kappa shape index (κ2) is 5.28. The second-order valence-corrected chi connectivity index (χ2v) is 1.96. The van der Waals surface area contributed by atoms with Gasteiger partial charge < -0.3 is 5.73 Å². The molecule has 0 aliphatic rings. The number of carbonyl (C=O) groups excluding carboxylic acids is 1. The molecular formula is C6H9ClN4O2. The molecule has 0 saturated heterocycles. The minimum Gasteiger partial charge on any atom is -0.382 e. The van der Waals surface area contributed by atoms with Crippen LogP contribution in [-0.2, 0) is 4.84 Å². The van der Waals surface area contributed by atoms with Gasteiger partial charge in [-0.3, -0.25) is 9.63 Å². The Kier molecular flexibility index (Phi) is 4.71. The quantitative estimate of drug-likeness (QED) is 0.650. The molecule has 0 radical (unpaired) electrons. The van der Waals surface area contributed by atoms with Crippen LogP contribution in [-0.4, -0.2) is 23.0 Å². The minimum atomic E-state index is -0.454. The number of amides is 1. The molecule has 7 heteroatoms. The summed E-state index contributed by atoms with van der Waals surface area (Å²) in [5.74, 6) is -0.186. The molecule has 0 fully saturated rings. The topological polar surface area (TPSA) is 90.1 Å². The first-order chi connectivity index (χ1) is 5.74. The molecule has 72 valence electrons. The van der Waals surface area contributed by atoms with Crippen molar-refractivity contribution in [3.8, 4) is 0 Å². The Morgan fingerprint density at radius 3 is 2.69 bits per heavy atom. The van der Waals surface area contributed by atoms with E-state index in [-0.39, 0.29) is 23.9 Å². The molecule has 0 unspecified atom stereocenters. The molecule has 6 nitrogen and oxygen atoms in total. The molecule has 1 aromatic rings. The molecule has 0 bridgehead atoms. The van der Waals surface area contributed by atoms with Gasteiger partial charge in [0.1, 0.15) is 11.5 Å². The maximum absolute atomic E-state index is 11.0. The molecule has 0 saturated carbocycles. The van der Waals surface area contributed by atoms with Crippen molar-refractivity contribution in [2.24, 2.45) is 0 Å². The number of anilines is 1. The second-order valence-electron chi connectivity index (χ2n) is 1.96. The van der Waals surface area contributed by atoms with Crippen LogP contribution in [0.2, 0.25) is 0 Å². The Morgan fingerprint density at radius 1 is 1.54 bits per heavy atom. The van der Waals surface area contributed by atoms with E-state index in [1.54, 1.807) is 0 Å². The van der Waals surface area contributed by atoms with Gasteiger partial charge >= 0.3 is 0 Å². The summed E-state index contributed by atoms with van der Waals surface area (Å²) >= 11 is 0. The third-order valence-electron chi connectivity index (χ3n) is 1.10. The fourth-order valence-electron chi connectivity index (χ4n) is 0.600. The highest BCUT2D eigenvalue weighted by Gasteiger charge is 2.05. The lowest BCUT2D eigenvalue weighted by Gasteiger charge is -1.99. The Labute approximate surface area is 80.9 Å². The monoisotopic (exact) mass is 204 g/mol. The summed E-state index contributed by atoms with van der Waals surface area (Å²) in [4.78, 5) is 22.8. The smallest absolute Gasteiger partial charge is 0.295 e. The molecular weight excluding hydrogens is 196 g/mol. The molecule has 0 atom stereocenters. The maximum atomic E-state index is 11.0. The van der Waals surface area contributed by atoms with Crippen LogP contribution in [0.5, 0.6) is 0 Å². The zero-order valence-corrected chi connectivity index (χ0v) is 7.67. The summed E-state index contributed by atoms with van der Waals surface area (Å²) < 4.78 is 0. The van der Waals surface area contributed by atoms with Crippen molar-refractivity contribution in [1.29, 1.82) is 0 Å². The van der Waals surface area contributed by atoms with Crippen LogP contribution in [0.3, 0.4) is 0 Å². The summed E-state index contributed by atoms with van der Waals surface area (Å²) in [5, 5.41) is 0. The first-order valence-corrected chi connectivity index (χ1v) is 3.15. The average Bonchev–Trinajstić information content (AvgIpc) is 2.06. The summed E-state index contributed by atoms with van der Waals surface area (Å²) in [6.07, 6.45) is 2.56. The number of nitrogens with two attached hydrogens (primary N) is 1. The van der Waals surface area contributed by atoms with E-state index in [2.05, 4.69) is 20.3 Å². The summed E-state index contributed by atoms with van der Waals surface area (Å²) in [7, 11) is 1.34. The van der Waals surface area contributed by atoms with Gasteiger partial charge in [0.25, 0.3) is 5.91 Å². The van der Waals surface area contributed by atoms with E-state index in [1.807, 2.05) is 0 Å². The first-order valence-electron chi connectivity index (χ1n) is 3.15. The molecule has 1 heterocycles. The van der Waals surface area contributed by atoms with Gasteiger partial charge in [0, 0.05) is 0 Å². The Balaban J connectivity index is 0.00000144. The van der Waals surface area contributed by atoms with Gasteiger partial charge in [-0.05, 0) is 0 Å². The number of nitrogens with zero attached hydrogens (tertiary/aromatic N) is 2. The molecule has 1 rings (SSSR count). The standard InChI is InChI=1S/C6H8N4O2.ClH/c1-12-10-6(11)4-2-9-5(7)3-8-4;/h2-3H,1H3,(H2,7,9)(H,10,11);1H. The van der Waals surface area contributed by atoms with Gasteiger partial charge in [-0.25, -0.2) is 15.4 Å². The van der Waals surface area contributed by atoms with Crippen molar-refractivity contribution in [3.63, 3.8) is 0 Å². The van der Waals surface area contributed by atoms with Gasteiger partial charge in [-0.1, -0.05) is 0 Å². The maximum Gasteiger partial charge on any atom is 0.295 e. The number of hydroxylamine groups is 1. The third kappa shape index (κ3) is 3.22. The Bertz CT molecular complexity index is 276. The lowest BCUT2D eigenvalue weighted by molar-refractivity contribution is 0.0532. The zero-order valence-electron chi connectivity index (χ0n) is 6.85. The highest BCUT2D eigenvalue weighted by atomic mass is 35.5. The van der Waals surface area contributed by atoms with E-state index in [1.165, 1.54) is 19.5 Å². The number of rotatable bonds is 2. The number of hydrogen-bond donors (Lipinski definition) is 2. The van der Waals surface area contributed by atoms with Gasteiger partial charge in [0.15, 0.2) is 0 Å². The molecule has 1 aromatic heterocycles. The number of nitrogens with one attached hydrogen (secondary N) is 1. The first kappa shape index (κ1) is 11.6. The van der Waals surface area contributed by atoms with Crippen molar-refractivity contribution in [2.45, 2.75) is 0 Å². The van der Waals surface area contributed by atoms with E-state index in [4.69, 9.17) is 5.73 Å². The van der Waals surface area contributed by atoms with Crippen LogP contribution in [0, 0.1) is 0 Å². The molecule has 13 heavy (non-hydrogen) atoms. The van der Waals surface area contributed by atoms with Crippen LogP contribution >= 0.6 is 12.4 Å². The SMILES string of the molecule is CONC(=O)c1cnc(N)cn1.Cl. The van der Waals surface area contributed by atoms with Crippen LogP contribution in [0.1, 0.15) is 10.5 Å². The fourth-order valence-corrected chi connectivity index (χ4v) is 0.600. The minimum absolute atomic E-state index is 0.